The van der Waals surface area contributed by atoms with Crippen molar-refractivity contribution in [1.82, 2.24) is 5.32 Å². The minimum Gasteiger partial charge on any atom is -0.482 e. The Bertz CT molecular complexity index is 501. The highest BCUT2D eigenvalue weighted by molar-refractivity contribution is 5.97. The smallest absolute Gasteiger partial charge is 0.264 e. The fraction of sp³-hybridized carbons (Fsp3) is 0.385. The number of aliphatic hydroxyl groups is 1. The maximum Gasteiger partial charge on any atom is 0.264 e. The van der Waals surface area contributed by atoms with Gasteiger partial charge in [-0.1, -0.05) is 6.07 Å². The molecule has 2 amide bonds. The number of nitrogens with one attached hydrogen (secondary N) is 1. The number of carbonyl (C=O) groups excluding carboxylic acids is 2. The van der Waals surface area contributed by atoms with E-state index >= 15 is 0 Å². The second-order valence-corrected chi connectivity index (χ2v) is 4.30. The highest BCUT2D eigenvalue weighted by Gasteiger charge is 2.22. The second-order valence-electron chi connectivity index (χ2n) is 4.30. The van der Waals surface area contributed by atoms with Crippen molar-refractivity contribution in [2.45, 2.75) is 6.42 Å². The van der Waals surface area contributed by atoms with Gasteiger partial charge in [0.25, 0.3) is 5.91 Å². The Kier molecular flexibility index (Phi) is 4.01. The monoisotopic (exact) mass is 264 g/mol. The molecule has 0 saturated heterocycles. The third kappa shape index (κ3) is 3.03. The third-order valence-corrected chi connectivity index (χ3v) is 2.99. The average Bonchev–Trinajstić information content (AvgIpc) is 2.43. The number of benzene rings is 1. The van der Waals surface area contributed by atoms with Crippen LogP contribution in [0.5, 0.6) is 5.75 Å². The average molecular weight is 264 g/mol. The fourth-order valence-corrected chi connectivity index (χ4v) is 1.88. The Hall–Kier alpha value is -2.08. The fourth-order valence-electron chi connectivity index (χ4n) is 1.88. The molecule has 0 spiro atoms. The summed E-state index contributed by atoms with van der Waals surface area (Å²) in [5, 5.41) is 11.2. The highest BCUT2D eigenvalue weighted by Crippen LogP contribution is 2.31. The zero-order chi connectivity index (χ0) is 13.8. The van der Waals surface area contributed by atoms with Gasteiger partial charge in [-0.2, -0.15) is 0 Å². The predicted octanol–water partition coefficient (Wildman–Crippen LogP) is -0.307. The molecule has 1 aliphatic heterocycles. The molecule has 0 aromatic heterocycles. The summed E-state index contributed by atoms with van der Waals surface area (Å²) < 4.78 is 5.33. The van der Waals surface area contributed by atoms with Gasteiger partial charge in [0.05, 0.1) is 5.69 Å². The summed E-state index contributed by atoms with van der Waals surface area (Å²) in [4.78, 5) is 24.0. The molecule has 1 aliphatic rings. The van der Waals surface area contributed by atoms with Crippen molar-refractivity contribution >= 4 is 17.5 Å². The maximum atomic E-state index is 11.5. The summed E-state index contributed by atoms with van der Waals surface area (Å²) >= 11 is 0. The van der Waals surface area contributed by atoms with Crippen LogP contribution in [0.3, 0.4) is 0 Å². The minimum absolute atomic E-state index is 0.0649. The van der Waals surface area contributed by atoms with Crippen molar-refractivity contribution in [3.05, 3.63) is 23.8 Å². The Morgan fingerprint density at radius 3 is 3.05 bits per heavy atom. The first-order valence-electron chi connectivity index (χ1n) is 6.01. The van der Waals surface area contributed by atoms with Crippen LogP contribution in [0.15, 0.2) is 18.2 Å². The Morgan fingerprint density at radius 1 is 1.53 bits per heavy atom. The van der Waals surface area contributed by atoms with Gasteiger partial charge in [0.1, 0.15) is 12.4 Å². The van der Waals surface area contributed by atoms with Crippen LogP contribution in [0.2, 0.25) is 0 Å². The van der Waals surface area contributed by atoms with Crippen molar-refractivity contribution in [3.8, 4) is 5.75 Å². The molecule has 0 atom stereocenters. The van der Waals surface area contributed by atoms with Gasteiger partial charge >= 0.3 is 0 Å². The van der Waals surface area contributed by atoms with Crippen LogP contribution in [0, 0.1) is 0 Å². The van der Waals surface area contributed by atoms with Crippen LogP contribution < -0.4 is 15.0 Å². The van der Waals surface area contributed by atoms with Crippen molar-refractivity contribution in [3.63, 3.8) is 0 Å². The number of fused-ring (bicyclic) bond motifs is 1. The van der Waals surface area contributed by atoms with Crippen molar-refractivity contribution < 1.29 is 19.4 Å². The molecule has 2 rings (SSSR count). The normalized spacial score (nSPS) is 13.8. The van der Waals surface area contributed by atoms with E-state index in [0.717, 1.165) is 11.3 Å². The molecule has 0 saturated carbocycles. The Balaban J connectivity index is 2.04. The number of rotatable bonds is 4. The molecule has 6 heteroatoms. The lowest BCUT2D eigenvalue weighted by molar-refractivity contribution is -0.123. The Morgan fingerprint density at radius 2 is 2.32 bits per heavy atom. The first-order valence-corrected chi connectivity index (χ1v) is 6.01. The van der Waals surface area contributed by atoms with Gasteiger partial charge in [0, 0.05) is 13.6 Å². The Labute approximate surface area is 111 Å². The molecule has 2 N–H and O–H groups in total. The van der Waals surface area contributed by atoms with E-state index in [1.165, 1.54) is 0 Å². The number of nitrogens with zero attached hydrogens (tertiary/aromatic N) is 1. The molecule has 0 unspecified atom stereocenters. The van der Waals surface area contributed by atoms with Gasteiger partial charge in [-0.15, -0.1) is 0 Å². The van der Waals surface area contributed by atoms with E-state index in [4.69, 9.17) is 9.84 Å². The molecule has 0 bridgehead atoms. The maximum absolute atomic E-state index is 11.5. The van der Waals surface area contributed by atoms with Gasteiger partial charge in [-0.05, 0) is 24.1 Å². The van der Waals surface area contributed by atoms with Gasteiger partial charge in [-0.25, -0.2) is 0 Å². The zero-order valence-electron chi connectivity index (χ0n) is 10.7. The van der Waals surface area contributed by atoms with Crippen LogP contribution >= 0.6 is 0 Å². The van der Waals surface area contributed by atoms with E-state index < -0.39 is 12.5 Å². The summed E-state index contributed by atoms with van der Waals surface area (Å²) in [5.74, 6) is 0.206. The van der Waals surface area contributed by atoms with Crippen molar-refractivity contribution in [2.24, 2.45) is 0 Å². The van der Waals surface area contributed by atoms with E-state index in [2.05, 4.69) is 5.32 Å². The number of hydrogen-bond acceptors (Lipinski definition) is 4. The van der Waals surface area contributed by atoms with E-state index in [-0.39, 0.29) is 12.5 Å². The SMILES string of the molecule is CN1C(=O)COc2ccc(CCNC(=O)CO)cc21. The molecule has 1 heterocycles. The predicted molar refractivity (Wildman–Crippen MR) is 69.1 cm³/mol. The lowest BCUT2D eigenvalue weighted by Gasteiger charge is -2.26. The summed E-state index contributed by atoms with van der Waals surface area (Å²) in [5.41, 5.74) is 1.73. The van der Waals surface area contributed by atoms with Crippen LogP contribution in [-0.4, -0.2) is 43.7 Å². The lowest BCUT2D eigenvalue weighted by Crippen LogP contribution is -2.35. The molecule has 1 aromatic carbocycles. The first-order chi connectivity index (χ1) is 9.11. The van der Waals surface area contributed by atoms with Gasteiger partial charge in [0.2, 0.25) is 5.91 Å². The number of aliphatic hydroxyl groups excluding tert-OH is 1. The summed E-state index contributed by atoms with van der Waals surface area (Å²) in [6.07, 6.45) is 0.626. The van der Waals surface area contributed by atoms with E-state index in [1.807, 2.05) is 18.2 Å². The molecule has 1 aromatic rings. The van der Waals surface area contributed by atoms with E-state index in [0.29, 0.717) is 18.7 Å². The molecule has 0 fully saturated rings. The van der Waals surface area contributed by atoms with Crippen molar-refractivity contribution in [1.29, 1.82) is 0 Å². The number of amides is 2. The number of hydrogen-bond donors (Lipinski definition) is 2. The van der Waals surface area contributed by atoms with E-state index in [1.54, 1.807) is 11.9 Å². The molecule has 6 nitrogen and oxygen atoms in total. The summed E-state index contributed by atoms with van der Waals surface area (Å²) in [6, 6.07) is 5.59. The summed E-state index contributed by atoms with van der Waals surface area (Å²) in [7, 11) is 1.71. The minimum atomic E-state index is -0.505. The topological polar surface area (TPSA) is 78.9 Å². The molecule has 0 aliphatic carbocycles. The highest BCUT2D eigenvalue weighted by atomic mass is 16.5. The molecule has 19 heavy (non-hydrogen) atoms. The van der Waals surface area contributed by atoms with Gasteiger partial charge < -0.3 is 20.1 Å². The lowest BCUT2D eigenvalue weighted by atomic mass is 10.1. The largest absolute Gasteiger partial charge is 0.482 e. The summed E-state index contributed by atoms with van der Waals surface area (Å²) in [6.45, 7) is 0.00136. The molecular weight excluding hydrogens is 248 g/mol. The number of likely N-dealkylation sites (N-methyl/N-ethyl adjacent to an activating group) is 1. The zero-order valence-corrected chi connectivity index (χ0v) is 10.7. The molecule has 0 radical (unpaired) electrons. The molecule has 102 valence electrons. The van der Waals surface area contributed by atoms with Crippen LogP contribution in [0.1, 0.15) is 5.56 Å². The third-order valence-electron chi connectivity index (χ3n) is 2.99. The second kappa shape index (κ2) is 5.71. The first kappa shape index (κ1) is 13.4. The number of carbonyl (C=O) groups is 2. The number of ether oxygens (including phenoxy) is 1. The van der Waals surface area contributed by atoms with Crippen LogP contribution in [0.25, 0.3) is 0 Å². The standard InChI is InChI=1S/C13H16N2O4/c1-15-10-6-9(4-5-14-12(17)7-16)2-3-11(10)19-8-13(15)18/h2-3,6,16H,4-5,7-8H2,1H3,(H,14,17). The van der Waals surface area contributed by atoms with Gasteiger partial charge in [-0.3, -0.25) is 9.59 Å². The van der Waals surface area contributed by atoms with Crippen molar-refractivity contribution in [2.75, 3.05) is 31.7 Å². The molecular formula is C13H16N2O4. The quantitative estimate of drug-likeness (QED) is 0.782. The van der Waals surface area contributed by atoms with Crippen LogP contribution in [-0.2, 0) is 16.0 Å². The van der Waals surface area contributed by atoms with Crippen LogP contribution in [0.4, 0.5) is 5.69 Å². The van der Waals surface area contributed by atoms with E-state index in [9.17, 15) is 9.59 Å². The van der Waals surface area contributed by atoms with Gasteiger partial charge in [0.15, 0.2) is 6.61 Å². The number of anilines is 1.